The van der Waals surface area contributed by atoms with Crippen molar-refractivity contribution < 1.29 is 9.59 Å². The second-order valence-electron chi connectivity index (χ2n) is 2.97. The molecule has 0 aliphatic rings. The van der Waals surface area contributed by atoms with Gasteiger partial charge < -0.3 is 5.32 Å². The average Bonchev–Trinajstić information content (AvgIpc) is 2.02. The number of hydrogen-bond donors (Lipinski definition) is 1. The molecule has 1 N–H and O–H groups in total. The standard InChI is InChI=1S/C9H15NO2/c1-6(2)9(12)7(3)5-8(11)10-4/h6H,3,5H2,1-2,4H3,(H,10,11). The Balaban J connectivity index is 4.05. The van der Waals surface area contributed by atoms with Gasteiger partial charge in [0.1, 0.15) is 0 Å². The van der Waals surface area contributed by atoms with Gasteiger partial charge >= 0.3 is 0 Å². The number of carbonyl (C=O) groups is 2. The predicted octanol–water partition coefficient (Wildman–Crippen LogP) is 0.904. The molecule has 0 aliphatic carbocycles. The number of amides is 1. The maximum absolute atomic E-state index is 11.2. The molecule has 0 rings (SSSR count). The van der Waals surface area contributed by atoms with Crippen molar-refractivity contribution in [3.05, 3.63) is 12.2 Å². The molecule has 0 atom stereocenters. The zero-order chi connectivity index (χ0) is 9.72. The Morgan fingerprint density at radius 3 is 2.25 bits per heavy atom. The van der Waals surface area contributed by atoms with Crippen LogP contribution in [0.15, 0.2) is 12.2 Å². The van der Waals surface area contributed by atoms with Crippen LogP contribution < -0.4 is 5.32 Å². The van der Waals surface area contributed by atoms with Crippen molar-refractivity contribution in [2.45, 2.75) is 20.3 Å². The summed E-state index contributed by atoms with van der Waals surface area (Å²) in [6.45, 7) is 7.13. The van der Waals surface area contributed by atoms with Crippen LogP contribution in [0.1, 0.15) is 20.3 Å². The Hall–Kier alpha value is -1.12. The van der Waals surface area contributed by atoms with Crippen LogP contribution in [0.25, 0.3) is 0 Å². The number of Topliss-reactive ketones (excluding diaryl/α,β-unsaturated/α-hetero) is 1. The number of carbonyl (C=O) groups excluding carboxylic acids is 2. The van der Waals surface area contributed by atoms with Crippen molar-refractivity contribution in [3.63, 3.8) is 0 Å². The molecule has 0 saturated carbocycles. The maximum atomic E-state index is 11.2. The van der Waals surface area contributed by atoms with Gasteiger partial charge in [-0.3, -0.25) is 9.59 Å². The minimum absolute atomic E-state index is 0.0430. The first-order valence-corrected chi connectivity index (χ1v) is 3.91. The Kier molecular flexibility index (Phi) is 4.26. The molecule has 0 aromatic rings. The normalized spacial score (nSPS) is 9.67. The van der Waals surface area contributed by atoms with E-state index in [1.54, 1.807) is 13.8 Å². The van der Waals surface area contributed by atoms with Crippen LogP contribution in [0.5, 0.6) is 0 Å². The van der Waals surface area contributed by atoms with Crippen LogP contribution in [0.4, 0.5) is 0 Å². The van der Waals surface area contributed by atoms with Crippen LogP contribution in [0.3, 0.4) is 0 Å². The van der Waals surface area contributed by atoms with Crippen LogP contribution in [-0.4, -0.2) is 18.7 Å². The van der Waals surface area contributed by atoms with E-state index in [1.165, 1.54) is 7.05 Å². The third-order valence-corrected chi connectivity index (χ3v) is 1.53. The highest BCUT2D eigenvalue weighted by Gasteiger charge is 2.13. The monoisotopic (exact) mass is 169 g/mol. The minimum atomic E-state index is -0.172. The Labute approximate surface area is 72.8 Å². The molecule has 0 unspecified atom stereocenters. The summed E-state index contributed by atoms with van der Waals surface area (Å²) in [7, 11) is 1.54. The topological polar surface area (TPSA) is 46.2 Å². The molecule has 0 saturated heterocycles. The van der Waals surface area contributed by atoms with Gasteiger partial charge in [-0.2, -0.15) is 0 Å². The SMILES string of the molecule is C=C(CC(=O)NC)C(=O)C(C)C. The van der Waals surface area contributed by atoms with Crippen molar-refractivity contribution in [3.8, 4) is 0 Å². The van der Waals surface area contributed by atoms with E-state index in [-0.39, 0.29) is 24.0 Å². The smallest absolute Gasteiger partial charge is 0.224 e. The fraction of sp³-hybridized carbons (Fsp3) is 0.556. The third kappa shape index (κ3) is 3.32. The number of nitrogens with one attached hydrogen (secondary N) is 1. The zero-order valence-corrected chi connectivity index (χ0v) is 7.81. The number of rotatable bonds is 4. The quantitative estimate of drug-likeness (QED) is 0.636. The highest BCUT2D eigenvalue weighted by molar-refractivity contribution is 6.00. The van der Waals surface area contributed by atoms with E-state index < -0.39 is 0 Å². The van der Waals surface area contributed by atoms with Gasteiger partial charge in [0.2, 0.25) is 5.91 Å². The number of ketones is 1. The van der Waals surface area contributed by atoms with Crippen molar-refractivity contribution in [2.75, 3.05) is 7.05 Å². The molecule has 0 aromatic carbocycles. The van der Waals surface area contributed by atoms with Gasteiger partial charge in [-0.25, -0.2) is 0 Å². The summed E-state index contributed by atoms with van der Waals surface area (Å²) in [5, 5.41) is 2.44. The van der Waals surface area contributed by atoms with Crippen molar-refractivity contribution in [1.82, 2.24) is 5.32 Å². The lowest BCUT2D eigenvalue weighted by molar-refractivity contribution is -0.123. The molecule has 0 radical (unpaired) electrons. The van der Waals surface area contributed by atoms with E-state index in [0.717, 1.165) is 0 Å². The molecular weight excluding hydrogens is 154 g/mol. The maximum Gasteiger partial charge on any atom is 0.224 e. The second kappa shape index (κ2) is 4.70. The van der Waals surface area contributed by atoms with Gasteiger partial charge in [-0.05, 0) is 5.57 Å². The Morgan fingerprint density at radius 2 is 1.92 bits per heavy atom. The summed E-state index contributed by atoms with van der Waals surface area (Å²) >= 11 is 0. The third-order valence-electron chi connectivity index (χ3n) is 1.53. The van der Waals surface area contributed by atoms with Gasteiger partial charge in [0.15, 0.2) is 5.78 Å². The Morgan fingerprint density at radius 1 is 1.42 bits per heavy atom. The Bertz CT molecular complexity index is 207. The van der Waals surface area contributed by atoms with Crippen LogP contribution in [-0.2, 0) is 9.59 Å². The molecule has 0 aromatic heterocycles. The average molecular weight is 169 g/mol. The minimum Gasteiger partial charge on any atom is -0.359 e. The van der Waals surface area contributed by atoms with Crippen molar-refractivity contribution in [1.29, 1.82) is 0 Å². The van der Waals surface area contributed by atoms with E-state index >= 15 is 0 Å². The molecule has 68 valence electrons. The number of hydrogen-bond acceptors (Lipinski definition) is 2. The molecule has 12 heavy (non-hydrogen) atoms. The molecule has 0 heterocycles. The molecule has 0 spiro atoms. The summed E-state index contributed by atoms with van der Waals surface area (Å²) in [5.41, 5.74) is 0.379. The zero-order valence-electron chi connectivity index (χ0n) is 7.81. The van der Waals surface area contributed by atoms with Gasteiger partial charge in [0.05, 0.1) is 6.42 Å². The molecule has 0 fully saturated rings. The molecule has 3 nitrogen and oxygen atoms in total. The molecule has 0 aliphatic heterocycles. The van der Waals surface area contributed by atoms with E-state index in [1.807, 2.05) is 0 Å². The summed E-state index contributed by atoms with van der Waals surface area (Å²) in [6, 6.07) is 0. The lowest BCUT2D eigenvalue weighted by atomic mass is 10.00. The van der Waals surface area contributed by atoms with Crippen molar-refractivity contribution >= 4 is 11.7 Å². The first kappa shape index (κ1) is 10.9. The van der Waals surface area contributed by atoms with E-state index in [2.05, 4.69) is 11.9 Å². The summed E-state index contributed by atoms with van der Waals surface area (Å²) in [4.78, 5) is 22.0. The predicted molar refractivity (Wildman–Crippen MR) is 47.7 cm³/mol. The second-order valence-corrected chi connectivity index (χ2v) is 2.97. The molecule has 3 heteroatoms. The summed E-state index contributed by atoms with van der Waals surface area (Å²) < 4.78 is 0. The van der Waals surface area contributed by atoms with Gasteiger partial charge in [-0.1, -0.05) is 20.4 Å². The van der Waals surface area contributed by atoms with Crippen LogP contribution in [0.2, 0.25) is 0 Å². The summed E-state index contributed by atoms with van der Waals surface area (Å²) in [5.74, 6) is -0.297. The molecular formula is C9H15NO2. The fourth-order valence-electron chi connectivity index (χ4n) is 0.778. The summed E-state index contributed by atoms with van der Waals surface area (Å²) in [6.07, 6.45) is 0.105. The van der Waals surface area contributed by atoms with Gasteiger partial charge in [0.25, 0.3) is 0 Å². The largest absolute Gasteiger partial charge is 0.359 e. The highest BCUT2D eigenvalue weighted by Crippen LogP contribution is 2.07. The van der Waals surface area contributed by atoms with E-state index in [9.17, 15) is 9.59 Å². The van der Waals surface area contributed by atoms with E-state index in [4.69, 9.17) is 0 Å². The first-order chi connectivity index (χ1) is 5.49. The lowest BCUT2D eigenvalue weighted by Crippen LogP contribution is -2.21. The highest BCUT2D eigenvalue weighted by atomic mass is 16.2. The van der Waals surface area contributed by atoms with Crippen LogP contribution in [0, 0.1) is 5.92 Å². The van der Waals surface area contributed by atoms with Crippen molar-refractivity contribution in [2.24, 2.45) is 5.92 Å². The van der Waals surface area contributed by atoms with Gasteiger partial charge in [-0.15, -0.1) is 0 Å². The first-order valence-electron chi connectivity index (χ1n) is 3.91. The molecule has 0 bridgehead atoms. The van der Waals surface area contributed by atoms with E-state index in [0.29, 0.717) is 5.57 Å². The fourth-order valence-corrected chi connectivity index (χ4v) is 0.778. The molecule has 1 amide bonds. The van der Waals surface area contributed by atoms with Gasteiger partial charge in [0, 0.05) is 13.0 Å². The van der Waals surface area contributed by atoms with Crippen LogP contribution >= 0.6 is 0 Å². The lowest BCUT2D eigenvalue weighted by Gasteiger charge is -2.05.